The van der Waals surface area contributed by atoms with Gasteiger partial charge in [0.15, 0.2) is 9.84 Å². The van der Waals surface area contributed by atoms with Gasteiger partial charge in [0, 0.05) is 5.33 Å². The van der Waals surface area contributed by atoms with E-state index in [1.807, 2.05) is 0 Å². The predicted octanol–water partition coefficient (Wildman–Crippen LogP) is 2.76. The molecule has 4 heteroatoms. The zero-order valence-electron chi connectivity index (χ0n) is 8.92. The summed E-state index contributed by atoms with van der Waals surface area (Å²) in [4.78, 5) is 0. The molecule has 0 aromatic carbocycles. The number of rotatable bonds is 5. The molecule has 0 N–H and O–H groups in total. The highest BCUT2D eigenvalue weighted by molar-refractivity contribution is 9.09. The normalized spacial score (nSPS) is 20.9. The minimum atomic E-state index is -2.84. The first kappa shape index (κ1) is 12.5. The largest absolute Gasteiger partial charge is 0.229 e. The zero-order valence-corrected chi connectivity index (χ0v) is 11.3. The first-order valence-electron chi connectivity index (χ1n) is 5.19. The monoisotopic (exact) mass is 282 g/mol. The third-order valence-corrected chi connectivity index (χ3v) is 6.73. The maximum Gasteiger partial charge on any atom is 0.152 e. The Hall–Kier alpha value is 0.430. The maximum absolute atomic E-state index is 11.6. The average Bonchev–Trinajstić information content (AvgIpc) is 2.02. The summed E-state index contributed by atoms with van der Waals surface area (Å²) in [6.07, 6.45) is 4.46. The van der Waals surface area contributed by atoms with Crippen molar-refractivity contribution in [2.24, 2.45) is 5.41 Å². The van der Waals surface area contributed by atoms with E-state index in [0.29, 0.717) is 11.2 Å². The molecule has 0 unspecified atom stereocenters. The fourth-order valence-corrected chi connectivity index (χ4v) is 3.75. The van der Waals surface area contributed by atoms with Gasteiger partial charge in [0.05, 0.1) is 11.0 Å². The van der Waals surface area contributed by atoms with E-state index in [0.717, 1.165) is 11.8 Å². The predicted molar refractivity (Wildman–Crippen MR) is 63.6 cm³/mol. The van der Waals surface area contributed by atoms with Crippen molar-refractivity contribution in [3.05, 3.63) is 0 Å². The number of alkyl halides is 1. The van der Waals surface area contributed by atoms with Crippen LogP contribution in [0.5, 0.6) is 0 Å². The molecule has 0 saturated heterocycles. The first-order chi connectivity index (χ1) is 6.42. The Kier molecular flexibility index (Phi) is 4.03. The van der Waals surface area contributed by atoms with Crippen molar-refractivity contribution in [2.45, 2.75) is 44.8 Å². The third kappa shape index (κ3) is 2.72. The molecule has 1 aliphatic rings. The van der Waals surface area contributed by atoms with Gasteiger partial charge in [0.2, 0.25) is 0 Å². The summed E-state index contributed by atoms with van der Waals surface area (Å²) < 4.78 is 23.2. The van der Waals surface area contributed by atoms with Gasteiger partial charge in [-0.25, -0.2) is 8.42 Å². The van der Waals surface area contributed by atoms with E-state index in [4.69, 9.17) is 0 Å². The summed E-state index contributed by atoms with van der Waals surface area (Å²) in [5.74, 6) is 0.357. The second kappa shape index (κ2) is 4.52. The number of hydrogen-bond donors (Lipinski definition) is 0. The number of halogens is 1. The molecule has 1 rings (SSSR count). The van der Waals surface area contributed by atoms with E-state index in [1.165, 1.54) is 19.3 Å². The van der Waals surface area contributed by atoms with Crippen molar-refractivity contribution in [1.29, 1.82) is 0 Å². The molecule has 0 spiro atoms. The zero-order chi connectivity index (χ0) is 10.8. The van der Waals surface area contributed by atoms with Crippen LogP contribution in [0.25, 0.3) is 0 Å². The Morgan fingerprint density at radius 1 is 1.36 bits per heavy atom. The molecule has 0 bridgehead atoms. The Balaban J connectivity index is 2.47. The van der Waals surface area contributed by atoms with Crippen LogP contribution in [0.1, 0.15) is 39.5 Å². The van der Waals surface area contributed by atoms with E-state index in [9.17, 15) is 8.42 Å². The lowest BCUT2D eigenvalue weighted by molar-refractivity contribution is 0.164. The second-order valence-electron chi connectivity index (χ2n) is 4.65. The molecule has 84 valence electrons. The lowest BCUT2D eigenvalue weighted by atomic mass is 9.69. The van der Waals surface area contributed by atoms with Crippen LogP contribution in [0.3, 0.4) is 0 Å². The molecule has 2 nitrogen and oxygen atoms in total. The molecule has 0 amide bonds. The van der Waals surface area contributed by atoms with Crippen LogP contribution in [0.2, 0.25) is 0 Å². The lowest BCUT2D eigenvalue weighted by Gasteiger charge is -2.40. The Labute approximate surface area is 95.5 Å². The van der Waals surface area contributed by atoms with Gasteiger partial charge in [-0.05, 0) is 38.5 Å². The smallest absolute Gasteiger partial charge is 0.152 e. The molecule has 1 saturated carbocycles. The van der Waals surface area contributed by atoms with Crippen LogP contribution in [0.4, 0.5) is 0 Å². The van der Waals surface area contributed by atoms with E-state index in [1.54, 1.807) is 13.8 Å². The minimum absolute atomic E-state index is 0.227. The van der Waals surface area contributed by atoms with Gasteiger partial charge < -0.3 is 0 Å². The molecule has 0 aromatic heterocycles. The summed E-state index contributed by atoms with van der Waals surface area (Å²) in [6.45, 7) is 3.52. The standard InChI is InChI=1S/C10H19BrO2S/c1-9(2)14(12,13)7-6-10(8-11)4-3-5-10/h9H,3-8H2,1-2H3. The fourth-order valence-electron chi connectivity index (χ4n) is 1.72. The van der Waals surface area contributed by atoms with Crippen LogP contribution < -0.4 is 0 Å². The average molecular weight is 283 g/mol. The number of hydrogen-bond acceptors (Lipinski definition) is 2. The quantitative estimate of drug-likeness (QED) is 0.727. The van der Waals surface area contributed by atoms with Crippen molar-refractivity contribution in [1.82, 2.24) is 0 Å². The highest BCUT2D eigenvalue weighted by Crippen LogP contribution is 2.45. The van der Waals surface area contributed by atoms with Crippen LogP contribution in [-0.4, -0.2) is 24.8 Å². The molecule has 0 heterocycles. The van der Waals surface area contributed by atoms with Crippen molar-refractivity contribution >= 4 is 25.8 Å². The Morgan fingerprint density at radius 3 is 2.21 bits per heavy atom. The molecule has 0 aliphatic heterocycles. The summed E-state index contributed by atoms with van der Waals surface area (Å²) >= 11 is 3.49. The van der Waals surface area contributed by atoms with Crippen molar-refractivity contribution in [2.75, 3.05) is 11.1 Å². The second-order valence-corrected chi connectivity index (χ2v) is 7.89. The summed E-state index contributed by atoms with van der Waals surface area (Å²) in [6, 6.07) is 0. The van der Waals surface area contributed by atoms with Gasteiger partial charge in [-0.1, -0.05) is 22.4 Å². The molecule has 0 radical (unpaired) electrons. The van der Waals surface area contributed by atoms with Gasteiger partial charge in [0.25, 0.3) is 0 Å². The van der Waals surface area contributed by atoms with Crippen LogP contribution in [0, 0.1) is 5.41 Å². The van der Waals surface area contributed by atoms with E-state index < -0.39 is 9.84 Å². The third-order valence-electron chi connectivity index (χ3n) is 3.33. The highest BCUT2D eigenvalue weighted by atomic mass is 79.9. The first-order valence-corrected chi connectivity index (χ1v) is 8.03. The molecule has 14 heavy (non-hydrogen) atoms. The van der Waals surface area contributed by atoms with Gasteiger partial charge in [-0.15, -0.1) is 0 Å². The molecule has 0 atom stereocenters. The summed E-state index contributed by atoms with van der Waals surface area (Å²) in [5.41, 5.74) is 0.294. The van der Waals surface area contributed by atoms with Crippen molar-refractivity contribution in [3.63, 3.8) is 0 Å². The van der Waals surface area contributed by atoms with Crippen LogP contribution >= 0.6 is 15.9 Å². The molecular weight excluding hydrogens is 264 g/mol. The van der Waals surface area contributed by atoms with Crippen LogP contribution in [0.15, 0.2) is 0 Å². The lowest BCUT2D eigenvalue weighted by Crippen LogP contribution is -2.34. The molecule has 1 aliphatic carbocycles. The van der Waals surface area contributed by atoms with Gasteiger partial charge in [-0.2, -0.15) is 0 Å². The van der Waals surface area contributed by atoms with Crippen LogP contribution in [-0.2, 0) is 9.84 Å². The number of sulfone groups is 1. The molecule has 0 aromatic rings. The SMILES string of the molecule is CC(C)S(=O)(=O)CCC1(CBr)CCC1. The molecular formula is C10H19BrO2S. The van der Waals surface area contributed by atoms with Gasteiger partial charge >= 0.3 is 0 Å². The highest BCUT2D eigenvalue weighted by Gasteiger charge is 2.36. The summed E-state index contributed by atoms with van der Waals surface area (Å²) in [7, 11) is -2.84. The fraction of sp³-hybridized carbons (Fsp3) is 1.00. The van der Waals surface area contributed by atoms with E-state index in [-0.39, 0.29) is 5.25 Å². The molecule has 1 fully saturated rings. The Bertz CT molecular complexity index is 273. The minimum Gasteiger partial charge on any atom is -0.229 e. The van der Waals surface area contributed by atoms with E-state index in [2.05, 4.69) is 15.9 Å². The van der Waals surface area contributed by atoms with Gasteiger partial charge in [0.1, 0.15) is 0 Å². The topological polar surface area (TPSA) is 34.1 Å². The summed E-state index contributed by atoms with van der Waals surface area (Å²) in [5, 5.41) is 0.725. The Morgan fingerprint density at radius 2 is 1.93 bits per heavy atom. The van der Waals surface area contributed by atoms with Crippen molar-refractivity contribution in [3.8, 4) is 0 Å². The van der Waals surface area contributed by atoms with E-state index >= 15 is 0 Å². The van der Waals surface area contributed by atoms with Crippen molar-refractivity contribution < 1.29 is 8.42 Å². The van der Waals surface area contributed by atoms with Gasteiger partial charge in [-0.3, -0.25) is 0 Å². The maximum atomic E-state index is 11.6.